The highest BCUT2D eigenvalue weighted by Gasteiger charge is 1.99. The molecule has 0 fully saturated rings. The molecule has 0 amide bonds. The summed E-state index contributed by atoms with van der Waals surface area (Å²) in [6.07, 6.45) is 0. The third kappa shape index (κ3) is 4.46. The second-order valence-corrected chi connectivity index (χ2v) is 6.16. The van der Waals surface area contributed by atoms with Crippen LogP contribution in [-0.2, 0) is 0 Å². The summed E-state index contributed by atoms with van der Waals surface area (Å²) in [4.78, 5) is 0. The summed E-state index contributed by atoms with van der Waals surface area (Å²) in [6, 6.07) is 23.9. The van der Waals surface area contributed by atoms with Crippen LogP contribution < -0.4 is 18.9 Å². The quantitative estimate of drug-likeness (QED) is 0.457. The van der Waals surface area contributed by atoms with Crippen molar-refractivity contribution >= 4 is 21.5 Å². The minimum atomic E-state index is 0.866. The maximum atomic E-state index is 5.15. The third-order valence-electron chi connectivity index (χ3n) is 4.51. The average molecular weight is 376 g/mol. The Morgan fingerprint density at radius 2 is 0.643 bits per heavy atom. The number of hydrogen-bond donors (Lipinski definition) is 0. The average Bonchev–Trinajstić information content (AvgIpc) is 2.77. The van der Waals surface area contributed by atoms with Crippen molar-refractivity contribution in [3.63, 3.8) is 0 Å². The van der Waals surface area contributed by atoms with Gasteiger partial charge in [0.2, 0.25) is 0 Å². The fraction of sp³-hybridized carbons (Fsp3) is 0.167. The summed E-state index contributed by atoms with van der Waals surface area (Å²) >= 11 is 0. The Bertz CT molecular complexity index is 991. The molecule has 0 N–H and O–H groups in total. The molecular formula is C24H24O4. The van der Waals surface area contributed by atoms with Crippen molar-refractivity contribution in [3.05, 3.63) is 72.8 Å². The Morgan fingerprint density at radius 1 is 0.357 bits per heavy atom. The van der Waals surface area contributed by atoms with Crippen molar-refractivity contribution in [1.82, 2.24) is 0 Å². The van der Waals surface area contributed by atoms with Gasteiger partial charge in [-0.25, -0.2) is 0 Å². The summed E-state index contributed by atoms with van der Waals surface area (Å²) < 4.78 is 20.6. The van der Waals surface area contributed by atoms with Crippen LogP contribution in [0.4, 0.5) is 0 Å². The van der Waals surface area contributed by atoms with Crippen LogP contribution in [0.5, 0.6) is 23.0 Å². The predicted octanol–water partition coefficient (Wildman–Crippen LogP) is 5.71. The number of methoxy groups -OCH3 is 4. The lowest BCUT2D eigenvalue weighted by molar-refractivity contribution is 0.414. The zero-order chi connectivity index (χ0) is 19.9. The van der Waals surface area contributed by atoms with Crippen LogP contribution in [0.2, 0.25) is 0 Å². The van der Waals surface area contributed by atoms with E-state index in [0.29, 0.717) is 0 Å². The first kappa shape index (κ1) is 19.4. The van der Waals surface area contributed by atoms with Crippen LogP contribution in [0, 0.1) is 0 Å². The molecule has 28 heavy (non-hydrogen) atoms. The van der Waals surface area contributed by atoms with Crippen LogP contribution in [-0.4, -0.2) is 28.4 Å². The summed E-state index contributed by atoms with van der Waals surface area (Å²) in [7, 11) is 6.68. The van der Waals surface area contributed by atoms with Crippen LogP contribution in [0.1, 0.15) is 0 Å². The Balaban J connectivity index is 0.000000161. The van der Waals surface area contributed by atoms with E-state index in [1.165, 1.54) is 5.39 Å². The smallest absolute Gasteiger partial charge is 0.119 e. The van der Waals surface area contributed by atoms with E-state index < -0.39 is 0 Å². The number of ether oxygens (including phenoxy) is 4. The van der Waals surface area contributed by atoms with E-state index >= 15 is 0 Å². The number of benzene rings is 4. The Labute approximate surface area is 165 Å². The van der Waals surface area contributed by atoms with Crippen LogP contribution in [0.25, 0.3) is 21.5 Å². The molecule has 0 aromatic heterocycles. The number of hydrogen-bond acceptors (Lipinski definition) is 4. The molecule has 144 valence electrons. The van der Waals surface area contributed by atoms with Gasteiger partial charge in [-0.2, -0.15) is 0 Å². The van der Waals surface area contributed by atoms with E-state index in [0.717, 1.165) is 39.2 Å². The van der Waals surface area contributed by atoms with Gasteiger partial charge in [-0.3, -0.25) is 0 Å². The molecular weight excluding hydrogens is 352 g/mol. The molecule has 4 rings (SSSR count). The molecule has 0 radical (unpaired) electrons. The first-order valence-electron chi connectivity index (χ1n) is 8.90. The van der Waals surface area contributed by atoms with Gasteiger partial charge in [0.05, 0.1) is 28.4 Å². The van der Waals surface area contributed by atoms with Crippen molar-refractivity contribution in [1.29, 1.82) is 0 Å². The fourth-order valence-corrected chi connectivity index (χ4v) is 2.91. The van der Waals surface area contributed by atoms with Crippen LogP contribution >= 0.6 is 0 Å². The molecule has 4 aromatic carbocycles. The second-order valence-electron chi connectivity index (χ2n) is 6.16. The summed E-state index contributed by atoms with van der Waals surface area (Å²) in [5, 5.41) is 4.63. The highest BCUT2D eigenvalue weighted by molar-refractivity contribution is 5.86. The summed E-state index contributed by atoms with van der Waals surface area (Å²) in [5.74, 6) is 3.49. The molecule has 0 spiro atoms. The van der Waals surface area contributed by atoms with Crippen LogP contribution in [0.15, 0.2) is 72.8 Å². The van der Waals surface area contributed by atoms with Gasteiger partial charge < -0.3 is 18.9 Å². The molecule has 0 saturated carbocycles. The van der Waals surface area contributed by atoms with Gasteiger partial charge in [0.1, 0.15) is 23.0 Å². The largest absolute Gasteiger partial charge is 0.497 e. The lowest BCUT2D eigenvalue weighted by Gasteiger charge is -2.04. The molecule has 0 saturated heterocycles. The van der Waals surface area contributed by atoms with Crippen molar-refractivity contribution in [2.75, 3.05) is 28.4 Å². The molecule has 0 aliphatic heterocycles. The first-order chi connectivity index (χ1) is 13.7. The third-order valence-corrected chi connectivity index (χ3v) is 4.51. The summed E-state index contributed by atoms with van der Waals surface area (Å²) in [5.41, 5.74) is 0. The van der Waals surface area contributed by atoms with Gasteiger partial charge in [0.25, 0.3) is 0 Å². The van der Waals surface area contributed by atoms with Crippen molar-refractivity contribution in [2.45, 2.75) is 0 Å². The molecule has 4 nitrogen and oxygen atoms in total. The highest BCUT2D eigenvalue weighted by Crippen LogP contribution is 2.25. The second kappa shape index (κ2) is 9.00. The Hall–Kier alpha value is -3.40. The maximum Gasteiger partial charge on any atom is 0.119 e. The highest BCUT2D eigenvalue weighted by atomic mass is 16.5. The van der Waals surface area contributed by atoms with Crippen molar-refractivity contribution < 1.29 is 18.9 Å². The van der Waals surface area contributed by atoms with E-state index in [2.05, 4.69) is 0 Å². The van der Waals surface area contributed by atoms with Crippen LogP contribution in [0.3, 0.4) is 0 Å². The lowest BCUT2D eigenvalue weighted by atomic mass is 10.1. The van der Waals surface area contributed by atoms with Crippen molar-refractivity contribution in [2.24, 2.45) is 0 Å². The first-order valence-corrected chi connectivity index (χ1v) is 8.90. The monoisotopic (exact) mass is 376 g/mol. The standard InChI is InChI=1S/2C12H12O2/c1-13-11-5-3-10-8-12(14-2)6-4-9(10)7-11;1-13-11-5-3-9-4-6-12(14-2)8-10(9)7-11/h2*3-8H,1-2H3. The molecule has 0 atom stereocenters. The molecule has 4 heteroatoms. The minimum absolute atomic E-state index is 0.866. The molecule has 0 heterocycles. The van der Waals surface area contributed by atoms with E-state index in [1.807, 2.05) is 72.8 Å². The van der Waals surface area contributed by atoms with E-state index in [9.17, 15) is 0 Å². The zero-order valence-electron chi connectivity index (χ0n) is 16.6. The van der Waals surface area contributed by atoms with Gasteiger partial charge in [0, 0.05) is 0 Å². The Kier molecular flexibility index (Phi) is 6.22. The van der Waals surface area contributed by atoms with Gasteiger partial charge in [-0.1, -0.05) is 24.3 Å². The van der Waals surface area contributed by atoms with Gasteiger partial charge in [0.15, 0.2) is 0 Å². The fourth-order valence-electron chi connectivity index (χ4n) is 2.91. The zero-order valence-corrected chi connectivity index (χ0v) is 16.6. The van der Waals surface area contributed by atoms with E-state index in [1.54, 1.807) is 28.4 Å². The molecule has 0 aliphatic rings. The number of fused-ring (bicyclic) bond motifs is 2. The molecule has 0 bridgehead atoms. The van der Waals surface area contributed by atoms with E-state index in [4.69, 9.17) is 18.9 Å². The van der Waals surface area contributed by atoms with Gasteiger partial charge >= 0.3 is 0 Å². The Morgan fingerprint density at radius 3 is 0.964 bits per heavy atom. The summed E-state index contributed by atoms with van der Waals surface area (Å²) in [6.45, 7) is 0. The predicted molar refractivity (Wildman–Crippen MR) is 114 cm³/mol. The normalized spacial score (nSPS) is 10.1. The molecule has 0 aliphatic carbocycles. The van der Waals surface area contributed by atoms with E-state index in [-0.39, 0.29) is 0 Å². The maximum absolute atomic E-state index is 5.15. The van der Waals surface area contributed by atoms with Gasteiger partial charge in [-0.05, 0) is 70.1 Å². The SMILES string of the molecule is COc1ccc2cc(OC)ccc2c1.COc1ccc2ccc(OC)cc2c1. The number of rotatable bonds is 4. The molecule has 0 unspecified atom stereocenters. The van der Waals surface area contributed by atoms with Gasteiger partial charge in [-0.15, -0.1) is 0 Å². The molecule has 4 aromatic rings. The van der Waals surface area contributed by atoms with Crippen molar-refractivity contribution in [3.8, 4) is 23.0 Å². The topological polar surface area (TPSA) is 36.9 Å². The minimum Gasteiger partial charge on any atom is -0.497 e. The lowest BCUT2D eigenvalue weighted by Crippen LogP contribution is -1.84.